The molecule has 1 aliphatic rings. The molecule has 1 saturated heterocycles. The van der Waals surface area contributed by atoms with E-state index in [1.165, 1.54) is 0 Å². The number of anilines is 1. The minimum atomic E-state index is -0.433. The summed E-state index contributed by atoms with van der Waals surface area (Å²) in [6.07, 6.45) is 2.08. The summed E-state index contributed by atoms with van der Waals surface area (Å²) in [6.45, 7) is 3.11. The maximum atomic E-state index is 12.5. The third kappa shape index (κ3) is 2.87. The topological polar surface area (TPSA) is 56.7 Å². The van der Waals surface area contributed by atoms with Gasteiger partial charge in [-0.15, -0.1) is 0 Å². The number of rotatable bonds is 2. The summed E-state index contributed by atoms with van der Waals surface area (Å²) in [5.74, 6) is 0.870. The predicted octanol–water partition coefficient (Wildman–Crippen LogP) is 0.990. The van der Waals surface area contributed by atoms with Crippen molar-refractivity contribution in [3.05, 3.63) is 23.9 Å². The molecule has 0 radical (unpaired) electrons. The van der Waals surface area contributed by atoms with Gasteiger partial charge in [-0.25, -0.2) is 4.98 Å². The van der Waals surface area contributed by atoms with Crippen molar-refractivity contribution in [2.75, 3.05) is 32.1 Å². The second kappa shape index (κ2) is 5.57. The molecule has 0 spiro atoms. The Morgan fingerprint density at radius 3 is 2.89 bits per heavy atom. The number of carbonyl (C=O) groups excluding carboxylic acids is 1. The van der Waals surface area contributed by atoms with Gasteiger partial charge in [0, 0.05) is 33.4 Å². The number of aromatic nitrogens is 1. The predicted molar refractivity (Wildman–Crippen MR) is 74.3 cm³/mol. The number of amides is 1. The van der Waals surface area contributed by atoms with Crippen molar-refractivity contribution in [1.82, 2.24) is 9.88 Å². The lowest BCUT2D eigenvalue weighted by atomic mass is 9.95. The molecule has 5 nitrogen and oxygen atoms in total. The maximum Gasteiger partial charge on any atom is 0.257 e. The summed E-state index contributed by atoms with van der Waals surface area (Å²) in [7, 11) is 3.73. The van der Waals surface area contributed by atoms with Gasteiger partial charge < -0.3 is 14.9 Å². The molecular formula is C14H21N3O2. The molecule has 1 aliphatic heterocycles. The SMILES string of the molecule is CC1CCN(C(=O)c2cccnc2N(C)C)CC1O. The van der Waals surface area contributed by atoms with E-state index >= 15 is 0 Å². The zero-order valence-corrected chi connectivity index (χ0v) is 11.7. The number of pyridine rings is 1. The van der Waals surface area contributed by atoms with Crippen molar-refractivity contribution in [2.24, 2.45) is 5.92 Å². The van der Waals surface area contributed by atoms with Crippen LogP contribution >= 0.6 is 0 Å². The highest BCUT2D eigenvalue weighted by Gasteiger charge is 2.29. The van der Waals surface area contributed by atoms with Gasteiger partial charge in [0.25, 0.3) is 5.91 Å². The van der Waals surface area contributed by atoms with Gasteiger partial charge in [-0.3, -0.25) is 4.79 Å². The van der Waals surface area contributed by atoms with Crippen LogP contribution in [0.2, 0.25) is 0 Å². The van der Waals surface area contributed by atoms with Crippen molar-refractivity contribution in [3.8, 4) is 0 Å². The summed E-state index contributed by atoms with van der Waals surface area (Å²) < 4.78 is 0. The fraction of sp³-hybridized carbons (Fsp3) is 0.571. The first kappa shape index (κ1) is 13.8. The normalized spacial score (nSPS) is 23.3. The van der Waals surface area contributed by atoms with E-state index in [1.54, 1.807) is 23.2 Å². The van der Waals surface area contributed by atoms with Crippen LogP contribution in [-0.4, -0.2) is 54.2 Å². The van der Waals surface area contributed by atoms with Crippen LogP contribution in [0.15, 0.2) is 18.3 Å². The molecule has 19 heavy (non-hydrogen) atoms. The molecule has 2 atom stereocenters. The van der Waals surface area contributed by atoms with Gasteiger partial charge in [0.2, 0.25) is 0 Å². The summed E-state index contributed by atoms with van der Waals surface area (Å²) in [4.78, 5) is 20.3. The Labute approximate surface area is 113 Å². The molecule has 0 aliphatic carbocycles. The molecule has 2 heterocycles. The Hall–Kier alpha value is -1.62. The van der Waals surface area contributed by atoms with Gasteiger partial charge in [0.1, 0.15) is 5.82 Å². The van der Waals surface area contributed by atoms with Crippen molar-refractivity contribution in [2.45, 2.75) is 19.4 Å². The summed E-state index contributed by atoms with van der Waals surface area (Å²) in [5, 5.41) is 9.90. The number of nitrogens with zero attached hydrogens (tertiary/aromatic N) is 3. The lowest BCUT2D eigenvalue weighted by molar-refractivity contribution is 0.0249. The second-order valence-corrected chi connectivity index (χ2v) is 5.35. The third-order valence-corrected chi connectivity index (χ3v) is 3.65. The Morgan fingerprint density at radius 1 is 1.53 bits per heavy atom. The molecule has 1 fully saturated rings. The van der Waals surface area contributed by atoms with E-state index in [0.717, 1.165) is 6.42 Å². The van der Waals surface area contributed by atoms with Crippen molar-refractivity contribution in [3.63, 3.8) is 0 Å². The molecule has 0 aromatic carbocycles. The lowest BCUT2D eigenvalue weighted by Crippen LogP contribution is -2.46. The van der Waals surface area contributed by atoms with E-state index < -0.39 is 6.10 Å². The van der Waals surface area contributed by atoms with E-state index in [0.29, 0.717) is 24.5 Å². The van der Waals surface area contributed by atoms with Gasteiger partial charge in [-0.1, -0.05) is 6.92 Å². The first-order valence-electron chi connectivity index (χ1n) is 6.60. The first-order valence-corrected chi connectivity index (χ1v) is 6.60. The molecule has 1 amide bonds. The van der Waals surface area contributed by atoms with Gasteiger partial charge in [-0.2, -0.15) is 0 Å². The highest BCUT2D eigenvalue weighted by Crippen LogP contribution is 2.22. The van der Waals surface area contributed by atoms with Gasteiger partial charge >= 0.3 is 0 Å². The van der Waals surface area contributed by atoms with Crippen LogP contribution in [-0.2, 0) is 0 Å². The number of hydrogen-bond acceptors (Lipinski definition) is 4. The minimum Gasteiger partial charge on any atom is -0.391 e. The largest absolute Gasteiger partial charge is 0.391 e. The molecule has 0 saturated carbocycles. The fourth-order valence-electron chi connectivity index (χ4n) is 2.32. The highest BCUT2D eigenvalue weighted by molar-refractivity contribution is 5.98. The van der Waals surface area contributed by atoms with Crippen LogP contribution in [0.1, 0.15) is 23.7 Å². The highest BCUT2D eigenvalue weighted by atomic mass is 16.3. The number of β-amino-alcohol motifs (C(OH)–C–C–N with tert-alkyl or cyclic N) is 1. The van der Waals surface area contributed by atoms with Gasteiger partial charge in [-0.05, 0) is 24.5 Å². The molecule has 5 heteroatoms. The zero-order valence-electron chi connectivity index (χ0n) is 11.7. The van der Waals surface area contributed by atoms with Gasteiger partial charge in [0.15, 0.2) is 0 Å². The third-order valence-electron chi connectivity index (χ3n) is 3.65. The number of aliphatic hydroxyl groups excluding tert-OH is 1. The Bertz CT molecular complexity index is 462. The van der Waals surface area contributed by atoms with E-state index in [2.05, 4.69) is 4.98 Å². The smallest absolute Gasteiger partial charge is 0.257 e. The van der Waals surface area contributed by atoms with Crippen LogP contribution in [0.3, 0.4) is 0 Å². The van der Waals surface area contributed by atoms with Crippen LogP contribution in [0.5, 0.6) is 0 Å². The monoisotopic (exact) mass is 263 g/mol. The lowest BCUT2D eigenvalue weighted by Gasteiger charge is -2.34. The first-order chi connectivity index (χ1) is 9.00. The van der Waals surface area contributed by atoms with E-state index in [1.807, 2.05) is 25.9 Å². The molecule has 104 valence electrons. The summed E-state index contributed by atoms with van der Waals surface area (Å²) in [6, 6.07) is 3.55. The van der Waals surface area contributed by atoms with E-state index in [4.69, 9.17) is 0 Å². The van der Waals surface area contributed by atoms with Crippen molar-refractivity contribution >= 4 is 11.7 Å². The van der Waals surface area contributed by atoms with Crippen LogP contribution < -0.4 is 4.90 Å². The fourth-order valence-corrected chi connectivity index (χ4v) is 2.32. The number of hydrogen-bond donors (Lipinski definition) is 1. The average molecular weight is 263 g/mol. The molecule has 1 N–H and O–H groups in total. The van der Waals surface area contributed by atoms with E-state index in [9.17, 15) is 9.90 Å². The number of likely N-dealkylation sites (tertiary alicyclic amines) is 1. The van der Waals surface area contributed by atoms with Crippen LogP contribution in [0, 0.1) is 5.92 Å². The molecule has 1 aromatic heterocycles. The summed E-state index contributed by atoms with van der Waals surface area (Å²) in [5.41, 5.74) is 0.592. The molecule has 0 bridgehead atoms. The molecular weight excluding hydrogens is 242 g/mol. The van der Waals surface area contributed by atoms with Crippen LogP contribution in [0.25, 0.3) is 0 Å². The van der Waals surface area contributed by atoms with Crippen LogP contribution in [0.4, 0.5) is 5.82 Å². The van der Waals surface area contributed by atoms with E-state index in [-0.39, 0.29) is 11.8 Å². The van der Waals surface area contributed by atoms with Crippen molar-refractivity contribution < 1.29 is 9.90 Å². The number of piperidine rings is 1. The quantitative estimate of drug-likeness (QED) is 0.864. The van der Waals surface area contributed by atoms with Gasteiger partial charge in [0.05, 0.1) is 11.7 Å². The number of carbonyl (C=O) groups is 1. The minimum absolute atomic E-state index is 0.0530. The Kier molecular flexibility index (Phi) is 4.04. The molecule has 1 aromatic rings. The number of aliphatic hydroxyl groups is 1. The average Bonchev–Trinajstić information content (AvgIpc) is 2.41. The second-order valence-electron chi connectivity index (χ2n) is 5.35. The molecule has 2 rings (SSSR count). The Morgan fingerprint density at radius 2 is 2.26 bits per heavy atom. The maximum absolute atomic E-state index is 12.5. The zero-order chi connectivity index (χ0) is 14.0. The summed E-state index contributed by atoms with van der Waals surface area (Å²) >= 11 is 0. The Balaban J connectivity index is 2.20. The van der Waals surface area contributed by atoms with Crippen molar-refractivity contribution in [1.29, 1.82) is 0 Å². The standard InChI is InChI=1S/C14H21N3O2/c1-10-6-8-17(9-12(10)18)14(19)11-5-4-7-15-13(11)16(2)3/h4-5,7,10,12,18H,6,8-9H2,1-3H3. The molecule has 2 unspecified atom stereocenters.